The number of rotatable bonds is 23. The van der Waals surface area contributed by atoms with E-state index in [1.165, 1.54) is 160 Å². The van der Waals surface area contributed by atoms with Gasteiger partial charge >= 0.3 is 0 Å². The first kappa shape index (κ1) is 29.5. The zero-order valence-electron chi connectivity index (χ0n) is 22.4. The molecular formula is C31H59N. The Morgan fingerprint density at radius 2 is 1.28 bits per heavy atom. The Labute approximate surface area is 203 Å². The van der Waals surface area contributed by atoms with Crippen molar-refractivity contribution in [3.63, 3.8) is 0 Å². The first-order valence-corrected chi connectivity index (χ1v) is 14.8. The molecule has 1 nitrogen and oxygen atoms in total. The van der Waals surface area contributed by atoms with Gasteiger partial charge in [-0.1, -0.05) is 102 Å². The van der Waals surface area contributed by atoms with Crippen LogP contribution in [0, 0.1) is 5.92 Å². The van der Waals surface area contributed by atoms with E-state index >= 15 is 0 Å². The van der Waals surface area contributed by atoms with Gasteiger partial charge in [0.15, 0.2) is 0 Å². The highest BCUT2D eigenvalue weighted by molar-refractivity contribution is 4.94. The molecule has 1 heterocycles. The van der Waals surface area contributed by atoms with Crippen LogP contribution in [0.5, 0.6) is 0 Å². The summed E-state index contributed by atoms with van der Waals surface area (Å²) in [5, 5.41) is 0. The first-order chi connectivity index (χ1) is 15.8. The van der Waals surface area contributed by atoms with Crippen LogP contribution in [-0.4, -0.2) is 24.5 Å². The van der Waals surface area contributed by atoms with Gasteiger partial charge in [0, 0.05) is 0 Å². The van der Waals surface area contributed by atoms with E-state index in [1.54, 1.807) is 0 Å². The van der Waals surface area contributed by atoms with Crippen LogP contribution < -0.4 is 0 Å². The first-order valence-electron chi connectivity index (χ1n) is 14.8. The summed E-state index contributed by atoms with van der Waals surface area (Å²) < 4.78 is 0. The van der Waals surface area contributed by atoms with Crippen LogP contribution in [0.4, 0.5) is 0 Å². The molecule has 0 aliphatic carbocycles. The second kappa shape index (κ2) is 22.2. The smallest absolute Gasteiger partial charge is 0.00161 e. The van der Waals surface area contributed by atoms with Crippen LogP contribution >= 0.6 is 0 Å². The fourth-order valence-corrected chi connectivity index (χ4v) is 5.19. The molecule has 0 aromatic heterocycles. The van der Waals surface area contributed by atoms with Crippen LogP contribution in [0.1, 0.15) is 149 Å². The molecule has 0 radical (unpaired) electrons. The minimum absolute atomic E-state index is 0.925. The van der Waals surface area contributed by atoms with E-state index in [4.69, 9.17) is 0 Å². The third-order valence-corrected chi connectivity index (χ3v) is 7.45. The van der Waals surface area contributed by atoms with Gasteiger partial charge < -0.3 is 4.90 Å². The van der Waals surface area contributed by atoms with E-state index in [0.717, 1.165) is 5.92 Å². The van der Waals surface area contributed by atoms with Gasteiger partial charge in [-0.05, 0) is 96.2 Å². The summed E-state index contributed by atoms with van der Waals surface area (Å²) in [4.78, 5) is 2.68. The molecular weight excluding hydrogens is 386 g/mol. The number of allylic oxidation sites excluding steroid dienone is 3. The minimum atomic E-state index is 0.925. The Bertz CT molecular complexity index is 432. The van der Waals surface area contributed by atoms with E-state index in [1.807, 2.05) is 0 Å². The van der Waals surface area contributed by atoms with Crippen molar-refractivity contribution in [2.75, 3.05) is 19.6 Å². The number of hydrogen-bond donors (Lipinski definition) is 0. The Morgan fingerprint density at radius 3 is 1.91 bits per heavy atom. The zero-order chi connectivity index (χ0) is 23.1. The second-order valence-electron chi connectivity index (χ2n) is 10.6. The van der Waals surface area contributed by atoms with Gasteiger partial charge in [-0.3, -0.25) is 0 Å². The molecule has 1 fully saturated rings. The zero-order valence-corrected chi connectivity index (χ0v) is 22.4. The lowest BCUT2D eigenvalue weighted by Gasteiger charge is -2.21. The van der Waals surface area contributed by atoms with Crippen molar-refractivity contribution >= 4 is 0 Å². The molecule has 1 heteroatoms. The van der Waals surface area contributed by atoms with E-state index in [0.29, 0.717) is 0 Å². The molecule has 1 aliphatic rings. The molecule has 0 bridgehead atoms. The standard InChI is InChI=1S/C31H59N/c1-4-6-7-8-9-10-11-12-13-14-15-16-17-18-19-23-30(3)24-25-31(22-5-2)26-29-32-27-20-21-28-32/h9-10,31H,3-8,11-29H2,1-2H3/b10-9-. The fourth-order valence-electron chi connectivity index (χ4n) is 5.19. The van der Waals surface area contributed by atoms with Crippen LogP contribution in [-0.2, 0) is 0 Å². The summed E-state index contributed by atoms with van der Waals surface area (Å²) >= 11 is 0. The molecule has 0 saturated carbocycles. The third-order valence-electron chi connectivity index (χ3n) is 7.45. The third kappa shape index (κ3) is 17.9. The molecule has 1 saturated heterocycles. The summed E-state index contributed by atoms with van der Waals surface area (Å²) in [5.74, 6) is 0.925. The topological polar surface area (TPSA) is 3.24 Å². The highest BCUT2D eigenvalue weighted by atomic mass is 15.1. The van der Waals surface area contributed by atoms with Crippen LogP contribution in [0.3, 0.4) is 0 Å². The summed E-state index contributed by atoms with van der Waals surface area (Å²) in [6.07, 6.45) is 33.8. The Hall–Kier alpha value is -0.560. The van der Waals surface area contributed by atoms with Gasteiger partial charge in [-0.2, -0.15) is 0 Å². The van der Waals surface area contributed by atoms with Gasteiger partial charge in [0.05, 0.1) is 0 Å². The number of hydrogen-bond acceptors (Lipinski definition) is 1. The average Bonchev–Trinajstić information content (AvgIpc) is 3.32. The maximum Gasteiger partial charge on any atom is -0.00161 e. The van der Waals surface area contributed by atoms with Crippen molar-refractivity contribution < 1.29 is 0 Å². The van der Waals surface area contributed by atoms with Crippen molar-refractivity contribution in [3.05, 3.63) is 24.3 Å². The minimum Gasteiger partial charge on any atom is -0.303 e. The normalized spacial score (nSPS) is 15.7. The van der Waals surface area contributed by atoms with E-state index < -0.39 is 0 Å². The summed E-state index contributed by atoms with van der Waals surface area (Å²) in [5.41, 5.74) is 1.52. The summed E-state index contributed by atoms with van der Waals surface area (Å²) in [7, 11) is 0. The van der Waals surface area contributed by atoms with Crippen molar-refractivity contribution in [1.82, 2.24) is 4.90 Å². The highest BCUT2D eigenvalue weighted by Crippen LogP contribution is 2.23. The molecule has 1 rings (SSSR count). The average molecular weight is 446 g/mol. The summed E-state index contributed by atoms with van der Waals surface area (Å²) in [6.45, 7) is 13.1. The largest absolute Gasteiger partial charge is 0.303 e. The fraction of sp³-hybridized carbons (Fsp3) is 0.871. The highest BCUT2D eigenvalue weighted by Gasteiger charge is 2.14. The van der Waals surface area contributed by atoms with Gasteiger partial charge in [0.25, 0.3) is 0 Å². The van der Waals surface area contributed by atoms with Gasteiger partial charge in [-0.25, -0.2) is 0 Å². The molecule has 0 spiro atoms. The molecule has 1 unspecified atom stereocenters. The molecule has 32 heavy (non-hydrogen) atoms. The van der Waals surface area contributed by atoms with Crippen LogP contribution in [0.25, 0.3) is 0 Å². The van der Waals surface area contributed by atoms with Crippen molar-refractivity contribution in [2.45, 2.75) is 149 Å². The lowest BCUT2D eigenvalue weighted by atomic mass is 9.91. The maximum atomic E-state index is 4.41. The van der Waals surface area contributed by atoms with Crippen LogP contribution in [0.15, 0.2) is 24.3 Å². The Kier molecular flexibility index (Phi) is 20.5. The number of likely N-dealkylation sites (tertiary alicyclic amines) is 1. The quantitative estimate of drug-likeness (QED) is 0.112. The molecule has 1 atom stereocenters. The number of nitrogens with zero attached hydrogens (tertiary/aromatic N) is 1. The van der Waals surface area contributed by atoms with Crippen molar-refractivity contribution in [2.24, 2.45) is 5.92 Å². The van der Waals surface area contributed by atoms with E-state index in [9.17, 15) is 0 Å². The second-order valence-corrected chi connectivity index (χ2v) is 10.6. The van der Waals surface area contributed by atoms with E-state index in [-0.39, 0.29) is 0 Å². The molecule has 0 aromatic carbocycles. The summed E-state index contributed by atoms with van der Waals surface area (Å²) in [6, 6.07) is 0. The van der Waals surface area contributed by atoms with Crippen LogP contribution in [0.2, 0.25) is 0 Å². The van der Waals surface area contributed by atoms with Gasteiger partial charge in [-0.15, -0.1) is 0 Å². The lowest BCUT2D eigenvalue weighted by molar-refractivity contribution is 0.287. The molecule has 0 amide bonds. The van der Waals surface area contributed by atoms with Gasteiger partial charge in [0.1, 0.15) is 0 Å². The SMILES string of the molecule is C=C(CCCCCCCCCC/C=C\CCCCC)CCC(CCC)CCN1CCCC1. The molecule has 0 aromatic rings. The number of unbranched alkanes of at least 4 members (excludes halogenated alkanes) is 11. The predicted octanol–water partition coefficient (Wildman–Crippen LogP) is 10.3. The molecule has 0 N–H and O–H groups in total. The lowest BCUT2D eigenvalue weighted by Crippen LogP contribution is -2.22. The van der Waals surface area contributed by atoms with Gasteiger partial charge in [0.2, 0.25) is 0 Å². The van der Waals surface area contributed by atoms with Crippen molar-refractivity contribution in [3.8, 4) is 0 Å². The monoisotopic (exact) mass is 445 g/mol. The molecule has 188 valence electrons. The van der Waals surface area contributed by atoms with Crippen molar-refractivity contribution in [1.29, 1.82) is 0 Å². The molecule has 1 aliphatic heterocycles. The Morgan fingerprint density at radius 1 is 0.688 bits per heavy atom. The Balaban J connectivity index is 1.88. The van der Waals surface area contributed by atoms with E-state index in [2.05, 4.69) is 37.5 Å². The predicted molar refractivity (Wildman–Crippen MR) is 147 cm³/mol. The maximum absolute atomic E-state index is 4.41.